The summed E-state index contributed by atoms with van der Waals surface area (Å²) in [7, 11) is -6.57. The maximum atomic E-state index is 13.4. The normalized spacial score (nSPS) is 24.9. The number of hydrogen-bond acceptors (Lipinski definition) is 3. The second-order valence-corrected chi connectivity index (χ2v) is 7.05. The lowest BCUT2D eigenvalue weighted by atomic mass is 9.94. The maximum absolute atomic E-state index is 13.4. The Labute approximate surface area is 130 Å². The first kappa shape index (κ1) is 21.3. The van der Waals surface area contributed by atoms with Crippen molar-refractivity contribution in [3.63, 3.8) is 0 Å². The van der Waals surface area contributed by atoms with Gasteiger partial charge in [-0.1, -0.05) is 0 Å². The predicted molar refractivity (Wildman–Crippen MR) is 61.2 cm³/mol. The van der Waals surface area contributed by atoms with Crippen LogP contribution in [0.25, 0.3) is 0 Å². The molecule has 0 aromatic rings. The van der Waals surface area contributed by atoms with Crippen LogP contribution in [0, 0.1) is 0 Å². The second-order valence-electron chi connectivity index (χ2n) is 5.29. The van der Waals surface area contributed by atoms with E-state index in [2.05, 4.69) is 0 Å². The Balaban J connectivity index is 3.12. The van der Waals surface area contributed by atoms with Crippen molar-refractivity contribution in [1.82, 2.24) is 4.72 Å². The molecular weight excluding hydrogens is 385 g/mol. The molecule has 2 N–H and O–H groups in total. The lowest BCUT2D eigenvalue weighted by Crippen LogP contribution is -2.65. The second kappa shape index (κ2) is 6.20. The first-order valence-electron chi connectivity index (χ1n) is 6.37. The Morgan fingerprint density at radius 3 is 1.58 bits per heavy atom. The summed E-state index contributed by atoms with van der Waals surface area (Å²) in [5.74, 6) is -14.5. The van der Waals surface area contributed by atoms with Crippen molar-refractivity contribution in [2.24, 2.45) is 0 Å². The minimum absolute atomic E-state index is 0.0894. The highest BCUT2D eigenvalue weighted by Crippen LogP contribution is 2.54. The molecule has 0 saturated heterocycles. The number of rotatable bonds is 5. The molecular formula is C10H12F9NO3S. The van der Waals surface area contributed by atoms with E-state index in [1.165, 1.54) is 0 Å². The van der Waals surface area contributed by atoms with E-state index in [1.54, 1.807) is 0 Å². The molecule has 0 bridgehead atoms. The SMILES string of the molecule is O=S(=O)(NC1CCC(O)CC1)C(F)(F)C(F)(F)C(F)(F)C(F)(F)F. The van der Waals surface area contributed by atoms with E-state index in [4.69, 9.17) is 5.11 Å². The molecule has 1 rings (SSSR count). The molecule has 1 saturated carbocycles. The van der Waals surface area contributed by atoms with Gasteiger partial charge in [-0.2, -0.15) is 39.5 Å². The van der Waals surface area contributed by atoms with E-state index in [0.717, 1.165) is 4.72 Å². The van der Waals surface area contributed by atoms with E-state index in [0.29, 0.717) is 0 Å². The Kier molecular flexibility index (Phi) is 5.49. The van der Waals surface area contributed by atoms with Gasteiger partial charge >= 0.3 is 23.3 Å². The number of aliphatic hydroxyl groups excluding tert-OH is 1. The zero-order chi connectivity index (χ0) is 19.2. The highest BCUT2D eigenvalue weighted by Gasteiger charge is 2.85. The van der Waals surface area contributed by atoms with Crippen LogP contribution in [-0.2, 0) is 10.0 Å². The highest BCUT2D eigenvalue weighted by molar-refractivity contribution is 7.90. The third-order valence-corrected chi connectivity index (χ3v) is 5.05. The number of nitrogens with one attached hydrogen (secondary N) is 1. The van der Waals surface area contributed by atoms with E-state index < -0.39 is 45.4 Å². The molecule has 1 aliphatic rings. The molecule has 0 aromatic carbocycles. The van der Waals surface area contributed by atoms with Gasteiger partial charge in [0.05, 0.1) is 6.10 Å². The zero-order valence-corrected chi connectivity index (χ0v) is 12.4. The lowest BCUT2D eigenvalue weighted by Gasteiger charge is -2.34. The Hall–Kier alpha value is -0.760. The number of hydrogen-bond donors (Lipinski definition) is 2. The van der Waals surface area contributed by atoms with Gasteiger partial charge in [0.2, 0.25) is 0 Å². The molecule has 0 atom stereocenters. The predicted octanol–water partition coefficient (Wildman–Crippen LogP) is 2.64. The van der Waals surface area contributed by atoms with Gasteiger partial charge in [0.25, 0.3) is 10.0 Å². The van der Waals surface area contributed by atoms with Crippen LogP contribution < -0.4 is 4.72 Å². The molecule has 0 aliphatic heterocycles. The summed E-state index contributed by atoms with van der Waals surface area (Å²) >= 11 is 0. The van der Waals surface area contributed by atoms with Crippen LogP contribution in [0.4, 0.5) is 39.5 Å². The first-order valence-corrected chi connectivity index (χ1v) is 7.86. The Bertz CT molecular complexity index is 552. The first-order chi connectivity index (χ1) is 10.5. The van der Waals surface area contributed by atoms with Gasteiger partial charge in [-0.25, -0.2) is 13.1 Å². The zero-order valence-electron chi connectivity index (χ0n) is 11.6. The van der Waals surface area contributed by atoms with Crippen molar-refractivity contribution in [1.29, 1.82) is 0 Å². The molecule has 0 aromatic heterocycles. The summed E-state index contributed by atoms with van der Waals surface area (Å²) in [4.78, 5) is 0. The monoisotopic (exact) mass is 397 g/mol. The number of halogens is 9. The van der Waals surface area contributed by atoms with E-state index >= 15 is 0 Å². The summed E-state index contributed by atoms with van der Waals surface area (Å²) in [6.45, 7) is 0. The molecule has 1 aliphatic carbocycles. The fourth-order valence-electron chi connectivity index (χ4n) is 2.02. The van der Waals surface area contributed by atoms with Crippen molar-refractivity contribution in [2.45, 2.75) is 61.1 Å². The molecule has 24 heavy (non-hydrogen) atoms. The van der Waals surface area contributed by atoms with Gasteiger partial charge in [0.1, 0.15) is 0 Å². The number of sulfonamides is 1. The highest BCUT2D eigenvalue weighted by atomic mass is 32.2. The standard InChI is InChI=1S/C10H12F9NO3S/c11-7(12,9(15,16)17)8(13,14)10(18,19)24(22,23)20-5-1-3-6(21)4-2-5/h5-6,20-21H,1-4H2. The molecule has 0 amide bonds. The molecule has 0 heterocycles. The van der Waals surface area contributed by atoms with Crippen LogP contribution in [-0.4, -0.2) is 48.9 Å². The largest absolute Gasteiger partial charge is 0.460 e. The van der Waals surface area contributed by atoms with E-state index in [9.17, 15) is 47.9 Å². The van der Waals surface area contributed by atoms with Crippen LogP contribution in [0.2, 0.25) is 0 Å². The molecule has 4 nitrogen and oxygen atoms in total. The van der Waals surface area contributed by atoms with Crippen molar-refractivity contribution in [3.8, 4) is 0 Å². The summed E-state index contributed by atoms with van der Waals surface area (Å²) < 4.78 is 138. The topological polar surface area (TPSA) is 66.4 Å². The average Bonchev–Trinajstić information content (AvgIpc) is 2.39. The third-order valence-electron chi connectivity index (χ3n) is 3.47. The maximum Gasteiger partial charge on any atom is 0.460 e. The number of alkyl halides is 9. The van der Waals surface area contributed by atoms with Crippen molar-refractivity contribution >= 4 is 10.0 Å². The van der Waals surface area contributed by atoms with E-state index in [-0.39, 0.29) is 25.7 Å². The van der Waals surface area contributed by atoms with Crippen molar-refractivity contribution in [3.05, 3.63) is 0 Å². The number of aliphatic hydroxyl groups is 1. The van der Waals surface area contributed by atoms with Gasteiger partial charge in [-0.05, 0) is 25.7 Å². The average molecular weight is 397 g/mol. The molecule has 0 unspecified atom stereocenters. The molecule has 14 heteroatoms. The van der Waals surface area contributed by atoms with Crippen LogP contribution in [0.1, 0.15) is 25.7 Å². The summed E-state index contributed by atoms with van der Waals surface area (Å²) in [6, 6.07) is -1.40. The van der Waals surface area contributed by atoms with Gasteiger partial charge in [-0.15, -0.1) is 0 Å². The molecule has 1 fully saturated rings. The van der Waals surface area contributed by atoms with Gasteiger partial charge in [0, 0.05) is 6.04 Å². The fraction of sp³-hybridized carbons (Fsp3) is 1.00. The minimum Gasteiger partial charge on any atom is -0.393 e. The van der Waals surface area contributed by atoms with E-state index in [1.807, 2.05) is 0 Å². The Morgan fingerprint density at radius 2 is 1.21 bits per heavy atom. The fourth-order valence-corrected chi connectivity index (χ4v) is 3.30. The van der Waals surface area contributed by atoms with Crippen LogP contribution in [0.3, 0.4) is 0 Å². The van der Waals surface area contributed by atoms with Gasteiger partial charge < -0.3 is 5.11 Å². The van der Waals surface area contributed by atoms with Crippen LogP contribution >= 0.6 is 0 Å². The smallest absolute Gasteiger partial charge is 0.393 e. The third kappa shape index (κ3) is 3.45. The van der Waals surface area contributed by atoms with Crippen LogP contribution in [0.15, 0.2) is 0 Å². The summed E-state index contributed by atoms with van der Waals surface area (Å²) in [6.07, 6.45) is -8.72. The summed E-state index contributed by atoms with van der Waals surface area (Å²) in [5.41, 5.74) is 0. The van der Waals surface area contributed by atoms with Gasteiger partial charge in [0.15, 0.2) is 0 Å². The van der Waals surface area contributed by atoms with Crippen LogP contribution in [0.5, 0.6) is 0 Å². The Morgan fingerprint density at radius 1 is 0.792 bits per heavy atom. The van der Waals surface area contributed by atoms with Crippen molar-refractivity contribution < 1.29 is 53.0 Å². The molecule has 144 valence electrons. The van der Waals surface area contributed by atoms with Gasteiger partial charge in [-0.3, -0.25) is 0 Å². The quantitative estimate of drug-likeness (QED) is 0.701. The summed E-state index contributed by atoms with van der Waals surface area (Å²) in [5, 5.41) is 2.41. The lowest BCUT2D eigenvalue weighted by molar-refractivity contribution is -0.382. The minimum atomic E-state index is -7.28. The molecule has 0 spiro atoms. The van der Waals surface area contributed by atoms with Crippen molar-refractivity contribution in [2.75, 3.05) is 0 Å². The molecule has 0 radical (unpaired) electrons.